The quantitative estimate of drug-likeness (QED) is 0.0381. The normalized spacial score (nSPS) is 12.1. The van der Waals surface area contributed by atoms with Gasteiger partial charge in [-0.05, 0) is 166 Å². The van der Waals surface area contributed by atoms with Crippen LogP contribution in [0.5, 0.6) is 34.5 Å². The summed E-state index contributed by atoms with van der Waals surface area (Å²) in [5, 5.41) is 8.41. The van der Waals surface area contributed by atoms with Crippen molar-refractivity contribution in [3.05, 3.63) is 342 Å². The van der Waals surface area contributed by atoms with Crippen LogP contribution in [-0.2, 0) is 71.5 Å². The summed E-state index contributed by atoms with van der Waals surface area (Å²) >= 11 is 37.0. The van der Waals surface area contributed by atoms with E-state index in [4.69, 9.17) is 98.0 Å². The lowest BCUT2D eigenvalue weighted by Crippen LogP contribution is -2.42. The topological polar surface area (TPSA) is 364 Å². The maximum atomic E-state index is 13.4. The highest BCUT2D eigenvalue weighted by Crippen LogP contribution is 2.38. The maximum Gasteiger partial charge on any atom is 0.332 e. The highest BCUT2D eigenvalue weighted by molar-refractivity contribution is 6.34. The van der Waals surface area contributed by atoms with Crippen molar-refractivity contribution in [3.8, 4) is 34.5 Å². The Bertz CT molecular complexity index is 7330. The zero-order chi connectivity index (χ0) is 99.4. The van der Waals surface area contributed by atoms with Crippen LogP contribution in [-0.4, -0.2) is 150 Å². The van der Waals surface area contributed by atoms with Gasteiger partial charge in [0, 0.05) is 85.4 Å². The van der Waals surface area contributed by atoms with E-state index < -0.39 is 56.8 Å². The number of nitrogens with zero attached hydrogens (tertiary/aromatic N) is 10. The lowest BCUT2D eigenvalue weighted by atomic mass is 10.1. The Morgan fingerprint density at radius 1 is 0.324 bits per heavy atom. The summed E-state index contributed by atoms with van der Waals surface area (Å²) in [6.45, 7) is 4.32. The van der Waals surface area contributed by atoms with Crippen molar-refractivity contribution in [3.63, 3.8) is 0 Å². The van der Waals surface area contributed by atoms with Gasteiger partial charge in [-0.15, -0.1) is 0 Å². The Balaban J connectivity index is 0.000000156. The number of methoxy groups -OCH3 is 5. The Labute approximate surface area is 824 Å². The van der Waals surface area contributed by atoms with Gasteiger partial charge in [-0.3, -0.25) is 84.5 Å². The molecule has 722 valence electrons. The van der Waals surface area contributed by atoms with E-state index in [-0.39, 0.29) is 114 Å². The molecule has 10 aromatic carbocycles. The van der Waals surface area contributed by atoms with E-state index in [1.54, 1.807) is 114 Å². The fourth-order valence-corrected chi connectivity index (χ4v) is 17.5. The van der Waals surface area contributed by atoms with Crippen molar-refractivity contribution in [2.24, 2.45) is 0 Å². The van der Waals surface area contributed by atoms with Gasteiger partial charge in [0.15, 0.2) is 11.6 Å². The highest BCUT2D eigenvalue weighted by Gasteiger charge is 2.27. The average Bonchev–Trinajstić information content (AvgIpc) is 1.76. The van der Waals surface area contributed by atoms with E-state index in [1.807, 2.05) is 72.5 Å². The minimum absolute atomic E-state index is 0.0197. The van der Waals surface area contributed by atoms with E-state index in [9.17, 15) is 67.1 Å². The average molecular weight is 2010 g/mol. The molecule has 38 heteroatoms. The molecule has 0 bridgehead atoms. The van der Waals surface area contributed by atoms with Crippen LogP contribution in [0.3, 0.4) is 0 Å². The molecular weight excluding hydrogens is 1910 g/mol. The Kier molecular flexibility index (Phi) is 34.7. The zero-order valence-corrected chi connectivity index (χ0v) is 80.9. The van der Waals surface area contributed by atoms with Crippen molar-refractivity contribution in [1.29, 1.82) is 0 Å². The Morgan fingerprint density at radius 2 is 0.655 bits per heavy atom. The number of nitrogens with one attached hydrogen (secondary N) is 2. The number of Topliss-reactive ketones (excluding diaryl/α,β-unsaturated/α-hetero) is 2. The van der Waals surface area contributed by atoms with Gasteiger partial charge in [-0.2, -0.15) is 0 Å². The predicted molar refractivity (Wildman–Crippen MR) is 537 cm³/mol. The van der Waals surface area contributed by atoms with Gasteiger partial charge in [0.2, 0.25) is 23.6 Å². The third-order valence-electron chi connectivity index (χ3n) is 23.2. The number of ketones is 2. The molecule has 2 fully saturated rings. The molecule has 139 heavy (non-hydrogen) atoms. The molecule has 2 N–H and O–H groups in total. The van der Waals surface area contributed by atoms with Crippen molar-refractivity contribution in [1.82, 2.24) is 46.3 Å². The Morgan fingerprint density at radius 3 is 1.02 bits per heavy atom. The summed E-state index contributed by atoms with van der Waals surface area (Å²) < 4.78 is 41.1. The van der Waals surface area contributed by atoms with Gasteiger partial charge in [0.25, 0.3) is 22.2 Å². The second-order valence-corrected chi connectivity index (χ2v) is 34.6. The first kappa shape index (κ1) is 102. The molecule has 16 rings (SSSR count). The van der Waals surface area contributed by atoms with Crippen LogP contribution < -0.4 is 84.1 Å². The SMILES string of the molecule is CCOc1ccc(C(=O)Cn2c(=O)n(CCCC(=O)N3CCCC3)c(=O)c3cc(Cl)ccc32)cc1Cl.COc1cc(OC)c(NC(=O)Cn2c(=O)n(Cc3ccccc3)c(=O)c3ccccc32)cc1Cl.COc1cc(OC)c(NC(=O)Cn2c(=O)n(Cc3ccccc3)c(=O)c3ccccc32)cc1Cl.COc1ccc(C(=O)Cn2c(=O)n(CCCC(=O)N3CCCC3)c(=O)c3cc(Cl)ccc32)cc1Cl. The number of halogens is 6. The van der Waals surface area contributed by atoms with Crippen LogP contribution in [0.1, 0.15) is 90.1 Å². The highest BCUT2D eigenvalue weighted by atomic mass is 35.5. The summed E-state index contributed by atoms with van der Waals surface area (Å²) in [5.41, 5.74) is -0.00186. The summed E-state index contributed by atoms with van der Waals surface area (Å²) in [6.07, 6.45) is 5.12. The second kappa shape index (κ2) is 47.2. The first-order valence-electron chi connectivity index (χ1n) is 44.1. The van der Waals surface area contributed by atoms with Gasteiger partial charge in [0.05, 0.1) is 143 Å². The van der Waals surface area contributed by atoms with Gasteiger partial charge in [-0.25, -0.2) is 19.2 Å². The molecular formula is C101H96Cl6N12O20. The number of likely N-dealkylation sites (tertiary alicyclic amines) is 2. The van der Waals surface area contributed by atoms with Gasteiger partial charge < -0.3 is 48.9 Å². The van der Waals surface area contributed by atoms with Crippen LogP contribution in [0.4, 0.5) is 11.4 Å². The summed E-state index contributed by atoms with van der Waals surface area (Å²) in [7, 11) is 7.33. The van der Waals surface area contributed by atoms with Crippen molar-refractivity contribution in [2.75, 3.05) is 79.0 Å². The lowest BCUT2D eigenvalue weighted by Gasteiger charge is -2.16. The number of aromatic nitrogens is 8. The number of anilines is 2. The van der Waals surface area contributed by atoms with E-state index in [2.05, 4.69) is 10.6 Å². The molecule has 2 aliphatic heterocycles. The van der Waals surface area contributed by atoms with Gasteiger partial charge >= 0.3 is 22.8 Å². The second-order valence-electron chi connectivity index (χ2n) is 32.1. The molecule has 6 heterocycles. The smallest absolute Gasteiger partial charge is 0.332 e. The number of amides is 4. The van der Waals surface area contributed by atoms with Crippen LogP contribution in [0.2, 0.25) is 30.1 Å². The van der Waals surface area contributed by atoms with Crippen LogP contribution in [0.15, 0.2) is 245 Å². The summed E-state index contributed by atoms with van der Waals surface area (Å²) in [4.78, 5) is 186. The third kappa shape index (κ3) is 24.3. The molecule has 32 nitrogen and oxygen atoms in total. The molecule has 0 radical (unpaired) electrons. The maximum absolute atomic E-state index is 13.4. The molecule has 0 aliphatic carbocycles. The molecule has 0 unspecified atom stereocenters. The summed E-state index contributed by atoms with van der Waals surface area (Å²) in [5.74, 6) is 0.726. The predicted octanol–water partition coefficient (Wildman–Crippen LogP) is 15.0. The van der Waals surface area contributed by atoms with Crippen molar-refractivity contribution in [2.45, 2.75) is 111 Å². The number of rotatable bonds is 31. The fourth-order valence-electron chi connectivity index (χ4n) is 16.2. The number of carbonyl (C=O) groups excluding carboxylic acids is 6. The monoisotopic (exact) mass is 2010 g/mol. The number of benzene rings is 10. The minimum atomic E-state index is -0.619. The fraction of sp³-hybridized carbons (Fsp3) is 0.267. The minimum Gasteiger partial charge on any atom is -0.495 e. The molecule has 2 saturated heterocycles. The molecule has 4 aromatic heterocycles. The molecule has 2 aliphatic rings. The Hall–Kier alpha value is -14.3. The number of ether oxygens (including phenoxy) is 6. The number of hydrogen-bond donors (Lipinski definition) is 2. The number of hydrogen-bond acceptors (Lipinski definition) is 20. The number of carbonyl (C=O) groups is 6. The standard InChI is InChI=1S/C26H27Cl2N3O5.C25H25Cl2N3O5.2C25H22ClN3O5/c1-2-36-23-10-7-17(14-20(23)28)22(32)16-31-21-9-8-18(27)15-19(21)25(34)30(26(31)35)13-5-6-24(33)29-11-3-4-12-29;1-35-22-9-6-16(13-19(22)27)21(31)15-30-20-8-7-17(26)14-18(20)24(33)29(25(30)34)12-4-5-23(32)28-10-2-3-11-28;2*1-33-21-13-22(34-2)19(12-18(21)26)27-23(30)15-28-20-11-7-6-10-17(20)24(31)29(25(28)32)14-16-8-4-3-5-9-16/h7-10,14-15H,2-6,11-13,16H2,1H3;6-9,13-14H,2-5,10-12,15H2,1H3;2*3-13H,14-15H2,1-2H3,(H,27,30). The van der Waals surface area contributed by atoms with Gasteiger partial charge in [0.1, 0.15) is 47.6 Å². The van der Waals surface area contributed by atoms with E-state index >= 15 is 0 Å². The first-order chi connectivity index (χ1) is 66.9. The van der Waals surface area contributed by atoms with E-state index in [1.165, 1.54) is 90.2 Å². The molecule has 4 amide bonds. The van der Waals surface area contributed by atoms with Crippen LogP contribution in [0.25, 0.3) is 43.6 Å². The number of fused-ring (bicyclic) bond motifs is 4. The van der Waals surface area contributed by atoms with E-state index in [0.29, 0.717) is 124 Å². The molecule has 14 aromatic rings. The van der Waals surface area contributed by atoms with Crippen molar-refractivity contribution < 1.29 is 57.2 Å². The first-order valence-corrected chi connectivity index (χ1v) is 46.4. The zero-order valence-electron chi connectivity index (χ0n) is 76.4. The van der Waals surface area contributed by atoms with Gasteiger partial charge in [-0.1, -0.05) is 155 Å². The van der Waals surface area contributed by atoms with Crippen molar-refractivity contribution >= 4 is 160 Å². The van der Waals surface area contributed by atoms with Crippen LogP contribution in [0, 0.1) is 0 Å². The lowest BCUT2D eigenvalue weighted by molar-refractivity contribution is -0.131. The number of para-hydroxylation sites is 2. The largest absolute Gasteiger partial charge is 0.495 e. The summed E-state index contributed by atoms with van der Waals surface area (Å²) in [6, 6.07) is 56.4. The van der Waals surface area contributed by atoms with Crippen LogP contribution >= 0.6 is 69.6 Å². The molecule has 0 spiro atoms. The van der Waals surface area contributed by atoms with E-state index in [0.717, 1.165) is 81.3 Å². The molecule has 0 saturated carbocycles. The molecule has 0 atom stereocenters. The third-order valence-corrected chi connectivity index (χ3v) is 24.8.